The van der Waals surface area contributed by atoms with Crippen molar-refractivity contribution < 1.29 is 0 Å². The zero-order valence-electron chi connectivity index (χ0n) is 9.72. The highest BCUT2D eigenvalue weighted by molar-refractivity contribution is 5.46. The molecule has 0 spiro atoms. The summed E-state index contributed by atoms with van der Waals surface area (Å²) in [5.41, 5.74) is 9.35. The van der Waals surface area contributed by atoms with Crippen LogP contribution in [0.2, 0.25) is 0 Å². The standard InChI is InChI=1S/C13H14N4/c1-9-6-12(14)16-13(15-9)17-7-10-4-2-3-5-11(10)8-17/h2-6H,7-8H2,1H3,(H2,14,15,16). The van der Waals surface area contributed by atoms with Gasteiger partial charge >= 0.3 is 0 Å². The maximum atomic E-state index is 5.75. The lowest BCUT2D eigenvalue weighted by atomic mass is 10.1. The van der Waals surface area contributed by atoms with Crippen LogP contribution in [0, 0.1) is 6.92 Å². The minimum absolute atomic E-state index is 0.531. The van der Waals surface area contributed by atoms with Gasteiger partial charge in [0.2, 0.25) is 5.95 Å². The number of nitrogen functional groups attached to an aromatic ring is 1. The molecule has 2 N–H and O–H groups in total. The minimum atomic E-state index is 0.531. The summed E-state index contributed by atoms with van der Waals surface area (Å²) >= 11 is 0. The summed E-state index contributed by atoms with van der Waals surface area (Å²) in [6.45, 7) is 3.66. The van der Waals surface area contributed by atoms with Crippen molar-refractivity contribution in [1.29, 1.82) is 0 Å². The molecule has 0 atom stereocenters. The number of nitrogens with zero attached hydrogens (tertiary/aromatic N) is 3. The average Bonchev–Trinajstić information content (AvgIpc) is 2.71. The van der Waals surface area contributed by atoms with Crippen molar-refractivity contribution >= 4 is 11.8 Å². The van der Waals surface area contributed by atoms with Crippen LogP contribution in [0.5, 0.6) is 0 Å². The first-order chi connectivity index (χ1) is 8.22. The first kappa shape index (κ1) is 10.1. The summed E-state index contributed by atoms with van der Waals surface area (Å²) in [5.74, 6) is 1.25. The molecule has 4 nitrogen and oxygen atoms in total. The van der Waals surface area contributed by atoms with Crippen LogP contribution in [0.25, 0.3) is 0 Å². The van der Waals surface area contributed by atoms with Gasteiger partial charge in [0.05, 0.1) is 0 Å². The van der Waals surface area contributed by atoms with Gasteiger partial charge in [0.25, 0.3) is 0 Å². The van der Waals surface area contributed by atoms with E-state index in [1.54, 1.807) is 6.07 Å². The molecule has 86 valence electrons. The number of rotatable bonds is 1. The van der Waals surface area contributed by atoms with Crippen LogP contribution < -0.4 is 10.6 Å². The Morgan fingerprint density at radius 3 is 2.35 bits per heavy atom. The van der Waals surface area contributed by atoms with Gasteiger partial charge in [-0.1, -0.05) is 24.3 Å². The fourth-order valence-electron chi connectivity index (χ4n) is 2.19. The number of hydrogen-bond donors (Lipinski definition) is 1. The third-order valence-corrected chi connectivity index (χ3v) is 2.99. The zero-order chi connectivity index (χ0) is 11.8. The highest BCUT2D eigenvalue weighted by Gasteiger charge is 2.20. The van der Waals surface area contributed by atoms with Gasteiger partial charge in [0.1, 0.15) is 5.82 Å². The number of aromatic nitrogens is 2. The topological polar surface area (TPSA) is 55.0 Å². The largest absolute Gasteiger partial charge is 0.384 e. The Morgan fingerprint density at radius 1 is 1.12 bits per heavy atom. The predicted octanol–water partition coefficient (Wildman–Crippen LogP) is 1.89. The van der Waals surface area contributed by atoms with Crippen molar-refractivity contribution in [2.45, 2.75) is 20.0 Å². The Kier molecular flexibility index (Phi) is 2.21. The molecular weight excluding hydrogens is 212 g/mol. The lowest BCUT2D eigenvalue weighted by Crippen LogP contribution is -2.18. The number of hydrogen-bond acceptors (Lipinski definition) is 4. The second-order valence-corrected chi connectivity index (χ2v) is 4.36. The van der Waals surface area contributed by atoms with Gasteiger partial charge in [-0.15, -0.1) is 0 Å². The fraction of sp³-hybridized carbons (Fsp3) is 0.231. The van der Waals surface area contributed by atoms with E-state index >= 15 is 0 Å². The van der Waals surface area contributed by atoms with Crippen LogP contribution in [0.4, 0.5) is 11.8 Å². The maximum absolute atomic E-state index is 5.75. The third-order valence-electron chi connectivity index (χ3n) is 2.99. The fourth-order valence-corrected chi connectivity index (χ4v) is 2.19. The predicted molar refractivity (Wildman–Crippen MR) is 67.5 cm³/mol. The molecule has 0 bridgehead atoms. The molecule has 1 aromatic carbocycles. The number of aryl methyl sites for hydroxylation is 1. The average molecular weight is 226 g/mol. The van der Waals surface area contributed by atoms with Crippen LogP contribution in [0.3, 0.4) is 0 Å². The third kappa shape index (κ3) is 1.82. The zero-order valence-corrected chi connectivity index (χ0v) is 9.72. The molecule has 0 aliphatic carbocycles. The van der Waals surface area contributed by atoms with Gasteiger partial charge in [-0.2, -0.15) is 4.98 Å². The van der Waals surface area contributed by atoms with Gasteiger partial charge in [-0.25, -0.2) is 4.98 Å². The van der Waals surface area contributed by atoms with Crippen LogP contribution in [0.15, 0.2) is 30.3 Å². The maximum Gasteiger partial charge on any atom is 0.228 e. The van der Waals surface area contributed by atoms with Gasteiger partial charge in [-0.05, 0) is 18.1 Å². The lowest BCUT2D eigenvalue weighted by Gasteiger charge is -2.15. The summed E-state index contributed by atoms with van der Waals surface area (Å²) in [6.07, 6.45) is 0. The molecule has 2 heterocycles. The monoisotopic (exact) mass is 226 g/mol. The Labute approximate surface area is 100 Å². The molecule has 0 saturated heterocycles. The summed E-state index contributed by atoms with van der Waals surface area (Å²) in [7, 11) is 0. The summed E-state index contributed by atoms with van der Waals surface area (Å²) in [5, 5.41) is 0. The molecule has 1 aliphatic rings. The van der Waals surface area contributed by atoms with Crippen LogP contribution in [0.1, 0.15) is 16.8 Å². The molecule has 0 fully saturated rings. The Morgan fingerprint density at radius 2 is 1.76 bits per heavy atom. The molecule has 3 rings (SSSR count). The van der Waals surface area contributed by atoms with Gasteiger partial charge in [0, 0.05) is 24.8 Å². The SMILES string of the molecule is Cc1cc(N)nc(N2Cc3ccccc3C2)n1. The molecule has 0 radical (unpaired) electrons. The Balaban J connectivity index is 1.93. The van der Waals surface area contributed by atoms with E-state index in [0.717, 1.165) is 24.7 Å². The Hall–Kier alpha value is -2.10. The van der Waals surface area contributed by atoms with Gasteiger partial charge in [0.15, 0.2) is 0 Å². The molecule has 0 amide bonds. The molecule has 4 heteroatoms. The second kappa shape index (κ2) is 3.73. The van der Waals surface area contributed by atoms with E-state index in [4.69, 9.17) is 5.73 Å². The first-order valence-electron chi connectivity index (χ1n) is 5.65. The highest BCUT2D eigenvalue weighted by Crippen LogP contribution is 2.26. The highest BCUT2D eigenvalue weighted by atomic mass is 15.3. The smallest absolute Gasteiger partial charge is 0.228 e. The Bertz CT molecular complexity index is 520. The molecule has 17 heavy (non-hydrogen) atoms. The van der Waals surface area contributed by atoms with E-state index in [-0.39, 0.29) is 0 Å². The molecular formula is C13H14N4. The summed E-state index contributed by atoms with van der Waals surface area (Å²) in [6, 6.07) is 10.2. The van der Waals surface area contributed by atoms with E-state index < -0.39 is 0 Å². The number of benzene rings is 1. The van der Waals surface area contributed by atoms with E-state index in [2.05, 4.69) is 39.1 Å². The molecule has 2 aromatic rings. The number of anilines is 2. The van der Waals surface area contributed by atoms with Crippen molar-refractivity contribution in [2.75, 3.05) is 10.6 Å². The van der Waals surface area contributed by atoms with Crippen molar-refractivity contribution in [2.24, 2.45) is 0 Å². The van der Waals surface area contributed by atoms with Crippen molar-refractivity contribution in [3.05, 3.63) is 47.2 Å². The van der Waals surface area contributed by atoms with E-state index in [1.165, 1.54) is 11.1 Å². The molecule has 1 aliphatic heterocycles. The van der Waals surface area contributed by atoms with Crippen molar-refractivity contribution in [3.63, 3.8) is 0 Å². The van der Waals surface area contributed by atoms with Gasteiger partial charge < -0.3 is 10.6 Å². The van der Waals surface area contributed by atoms with Crippen molar-refractivity contribution in [1.82, 2.24) is 9.97 Å². The summed E-state index contributed by atoms with van der Waals surface area (Å²) < 4.78 is 0. The van der Waals surface area contributed by atoms with Crippen LogP contribution in [-0.4, -0.2) is 9.97 Å². The van der Waals surface area contributed by atoms with Crippen molar-refractivity contribution in [3.8, 4) is 0 Å². The quantitative estimate of drug-likeness (QED) is 0.806. The second-order valence-electron chi connectivity index (χ2n) is 4.36. The van der Waals surface area contributed by atoms with E-state index in [9.17, 15) is 0 Å². The normalized spacial score (nSPS) is 13.8. The molecule has 0 unspecified atom stereocenters. The number of fused-ring (bicyclic) bond motifs is 1. The van der Waals surface area contributed by atoms with E-state index in [0.29, 0.717) is 5.82 Å². The van der Waals surface area contributed by atoms with Crippen LogP contribution in [-0.2, 0) is 13.1 Å². The molecule has 1 aromatic heterocycles. The molecule has 0 saturated carbocycles. The summed E-state index contributed by atoms with van der Waals surface area (Å²) in [4.78, 5) is 10.9. The first-order valence-corrected chi connectivity index (χ1v) is 5.65. The lowest BCUT2D eigenvalue weighted by molar-refractivity contribution is 0.824. The van der Waals surface area contributed by atoms with E-state index in [1.807, 2.05) is 6.92 Å². The minimum Gasteiger partial charge on any atom is -0.384 e. The number of nitrogens with two attached hydrogens (primary N) is 1. The van der Waals surface area contributed by atoms with Crippen LogP contribution >= 0.6 is 0 Å². The van der Waals surface area contributed by atoms with Gasteiger partial charge in [-0.3, -0.25) is 0 Å².